The van der Waals surface area contributed by atoms with Crippen LogP contribution in [0.25, 0.3) is 0 Å². The van der Waals surface area contributed by atoms with Crippen LogP contribution < -0.4 is 0 Å². The summed E-state index contributed by atoms with van der Waals surface area (Å²) in [5.41, 5.74) is 2.22. The van der Waals surface area contributed by atoms with Crippen LogP contribution in [0.4, 0.5) is 0 Å². The van der Waals surface area contributed by atoms with Gasteiger partial charge in [0.05, 0.1) is 0 Å². The van der Waals surface area contributed by atoms with Crippen molar-refractivity contribution in [3.05, 3.63) is 11.1 Å². The normalized spacial score (nSPS) is 24.1. The molecule has 1 fully saturated rings. The van der Waals surface area contributed by atoms with Gasteiger partial charge in [-0.1, -0.05) is 18.9 Å². The first-order valence-corrected chi connectivity index (χ1v) is 6.49. The molecular weight excluding hydrogens is 200 g/mol. The molecule has 2 rings (SSSR count). The summed E-state index contributed by atoms with van der Waals surface area (Å²) in [4.78, 5) is 23.5. The molecule has 0 saturated heterocycles. The number of hydrogen-bond donors (Lipinski definition) is 0. The molecule has 0 aromatic rings. The molecule has 16 heavy (non-hydrogen) atoms. The van der Waals surface area contributed by atoms with Gasteiger partial charge in [0.1, 0.15) is 5.78 Å². The average Bonchev–Trinajstić information content (AvgIpc) is 2.79. The third kappa shape index (κ3) is 2.26. The molecule has 1 saturated carbocycles. The molecule has 2 aliphatic rings. The molecule has 0 bridgehead atoms. The third-order valence-electron chi connectivity index (χ3n) is 3.83. The zero-order valence-corrected chi connectivity index (χ0v) is 10.1. The first-order valence-electron chi connectivity index (χ1n) is 6.49. The maximum atomic E-state index is 11.8. The molecule has 0 aliphatic heterocycles. The standard InChI is InChI=1S/C14H20O2/c1-2-3-6-11(15)9-13-12-7-4-5-10(12)8-14(13)16/h10H,2-9H2,1H3. The predicted octanol–water partition coefficient (Wildman–Crippen LogP) is 3.21. The Labute approximate surface area is 97.1 Å². The molecule has 0 radical (unpaired) electrons. The second kappa shape index (κ2) is 4.94. The highest BCUT2D eigenvalue weighted by atomic mass is 16.1. The van der Waals surface area contributed by atoms with Gasteiger partial charge in [0.15, 0.2) is 5.78 Å². The summed E-state index contributed by atoms with van der Waals surface area (Å²) >= 11 is 0. The second-order valence-corrected chi connectivity index (χ2v) is 5.04. The molecule has 0 amide bonds. The first kappa shape index (κ1) is 11.6. The molecule has 2 heteroatoms. The van der Waals surface area contributed by atoms with Gasteiger partial charge in [-0.3, -0.25) is 9.59 Å². The Morgan fingerprint density at radius 1 is 1.44 bits per heavy atom. The van der Waals surface area contributed by atoms with Gasteiger partial charge in [-0.25, -0.2) is 0 Å². The SMILES string of the molecule is CCCCC(=O)CC1=C2CCCC2CC1=O. The molecule has 88 valence electrons. The summed E-state index contributed by atoms with van der Waals surface area (Å²) in [7, 11) is 0. The van der Waals surface area contributed by atoms with Crippen LogP contribution in [0.3, 0.4) is 0 Å². The van der Waals surface area contributed by atoms with E-state index in [4.69, 9.17) is 0 Å². The maximum absolute atomic E-state index is 11.8. The van der Waals surface area contributed by atoms with Crippen LogP contribution in [0.2, 0.25) is 0 Å². The summed E-state index contributed by atoms with van der Waals surface area (Å²) < 4.78 is 0. The Bertz CT molecular complexity index is 339. The van der Waals surface area contributed by atoms with Gasteiger partial charge in [0, 0.05) is 24.8 Å². The van der Waals surface area contributed by atoms with Crippen LogP contribution >= 0.6 is 0 Å². The summed E-state index contributed by atoms with van der Waals surface area (Å²) in [6.07, 6.45) is 7.19. The van der Waals surface area contributed by atoms with Crippen molar-refractivity contribution in [2.45, 2.75) is 58.3 Å². The first-order chi connectivity index (χ1) is 7.72. The number of ketones is 2. The van der Waals surface area contributed by atoms with E-state index in [9.17, 15) is 9.59 Å². The molecule has 2 aliphatic carbocycles. The van der Waals surface area contributed by atoms with Crippen LogP contribution in [-0.4, -0.2) is 11.6 Å². The van der Waals surface area contributed by atoms with Crippen LogP contribution in [-0.2, 0) is 9.59 Å². The largest absolute Gasteiger partial charge is 0.299 e. The Kier molecular flexibility index (Phi) is 3.57. The Morgan fingerprint density at radius 3 is 3.00 bits per heavy atom. The number of fused-ring (bicyclic) bond motifs is 1. The van der Waals surface area contributed by atoms with Gasteiger partial charge < -0.3 is 0 Å². The maximum Gasteiger partial charge on any atom is 0.159 e. The number of carbonyl (C=O) groups is 2. The zero-order valence-electron chi connectivity index (χ0n) is 10.1. The molecule has 0 aromatic carbocycles. The molecule has 0 N–H and O–H groups in total. The van der Waals surface area contributed by atoms with Crippen molar-refractivity contribution in [3.8, 4) is 0 Å². The minimum absolute atomic E-state index is 0.254. The van der Waals surface area contributed by atoms with Crippen molar-refractivity contribution in [1.29, 1.82) is 0 Å². The molecule has 0 heterocycles. The highest BCUT2D eigenvalue weighted by Crippen LogP contribution is 2.42. The van der Waals surface area contributed by atoms with E-state index in [1.165, 1.54) is 12.0 Å². The molecule has 0 spiro atoms. The fraction of sp³-hybridized carbons (Fsp3) is 0.714. The smallest absolute Gasteiger partial charge is 0.159 e. The van der Waals surface area contributed by atoms with E-state index in [2.05, 4.69) is 6.92 Å². The third-order valence-corrected chi connectivity index (χ3v) is 3.83. The lowest BCUT2D eigenvalue weighted by molar-refractivity contribution is -0.121. The van der Waals surface area contributed by atoms with E-state index in [1.807, 2.05) is 0 Å². The van der Waals surface area contributed by atoms with E-state index in [0.29, 0.717) is 25.2 Å². The summed E-state index contributed by atoms with van der Waals surface area (Å²) in [6.45, 7) is 2.09. The number of carbonyl (C=O) groups excluding carboxylic acids is 2. The minimum Gasteiger partial charge on any atom is -0.299 e. The number of Topliss-reactive ketones (excluding diaryl/α,β-unsaturated/α-hetero) is 2. The molecular formula is C14H20O2. The lowest BCUT2D eigenvalue weighted by atomic mass is 10.0. The van der Waals surface area contributed by atoms with Gasteiger partial charge in [-0.05, 0) is 31.6 Å². The predicted molar refractivity (Wildman–Crippen MR) is 63.1 cm³/mol. The van der Waals surface area contributed by atoms with Crippen molar-refractivity contribution in [2.24, 2.45) is 5.92 Å². The van der Waals surface area contributed by atoms with E-state index in [0.717, 1.165) is 31.3 Å². The van der Waals surface area contributed by atoms with Crippen molar-refractivity contribution >= 4 is 11.6 Å². The van der Waals surface area contributed by atoms with Crippen molar-refractivity contribution < 1.29 is 9.59 Å². The van der Waals surface area contributed by atoms with Crippen LogP contribution in [0.1, 0.15) is 58.3 Å². The molecule has 2 nitrogen and oxygen atoms in total. The highest BCUT2D eigenvalue weighted by molar-refractivity contribution is 6.03. The Hall–Kier alpha value is -0.920. The second-order valence-electron chi connectivity index (χ2n) is 5.04. The lowest BCUT2D eigenvalue weighted by Gasteiger charge is -2.03. The summed E-state index contributed by atoms with van der Waals surface area (Å²) in [5.74, 6) is 1.01. The average molecular weight is 220 g/mol. The number of rotatable bonds is 5. The van der Waals surface area contributed by atoms with Crippen LogP contribution in [0, 0.1) is 5.92 Å². The quantitative estimate of drug-likeness (QED) is 0.713. The summed E-state index contributed by atoms with van der Waals surface area (Å²) in [5, 5.41) is 0. The van der Waals surface area contributed by atoms with E-state index in [-0.39, 0.29) is 11.6 Å². The minimum atomic E-state index is 0.254. The van der Waals surface area contributed by atoms with Gasteiger partial charge in [-0.2, -0.15) is 0 Å². The number of allylic oxidation sites excluding steroid dienone is 2. The van der Waals surface area contributed by atoms with E-state index < -0.39 is 0 Å². The van der Waals surface area contributed by atoms with Crippen molar-refractivity contribution in [1.82, 2.24) is 0 Å². The van der Waals surface area contributed by atoms with Gasteiger partial charge in [0.2, 0.25) is 0 Å². The topological polar surface area (TPSA) is 34.1 Å². The molecule has 0 aromatic heterocycles. The fourth-order valence-electron chi connectivity index (χ4n) is 2.94. The lowest BCUT2D eigenvalue weighted by Crippen LogP contribution is -2.05. The monoisotopic (exact) mass is 220 g/mol. The van der Waals surface area contributed by atoms with Crippen molar-refractivity contribution in [2.75, 3.05) is 0 Å². The molecule has 1 unspecified atom stereocenters. The zero-order chi connectivity index (χ0) is 11.5. The van der Waals surface area contributed by atoms with E-state index in [1.54, 1.807) is 0 Å². The molecule has 1 atom stereocenters. The summed E-state index contributed by atoms with van der Waals surface area (Å²) in [6, 6.07) is 0. The van der Waals surface area contributed by atoms with Crippen molar-refractivity contribution in [3.63, 3.8) is 0 Å². The number of hydrogen-bond acceptors (Lipinski definition) is 2. The Morgan fingerprint density at radius 2 is 2.25 bits per heavy atom. The van der Waals surface area contributed by atoms with Gasteiger partial charge >= 0.3 is 0 Å². The van der Waals surface area contributed by atoms with Gasteiger partial charge in [0.25, 0.3) is 0 Å². The Balaban J connectivity index is 2.00. The van der Waals surface area contributed by atoms with Crippen LogP contribution in [0.15, 0.2) is 11.1 Å². The van der Waals surface area contributed by atoms with E-state index >= 15 is 0 Å². The highest BCUT2D eigenvalue weighted by Gasteiger charge is 2.35. The number of unbranched alkanes of at least 4 members (excludes halogenated alkanes) is 1. The fourth-order valence-corrected chi connectivity index (χ4v) is 2.94. The van der Waals surface area contributed by atoms with Gasteiger partial charge in [-0.15, -0.1) is 0 Å². The van der Waals surface area contributed by atoms with Crippen LogP contribution in [0.5, 0.6) is 0 Å².